The van der Waals surface area contributed by atoms with Crippen LogP contribution >= 0.6 is 0 Å². The van der Waals surface area contributed by atoms with Gasteiger partial charge in [-0.3, -0.25) is 0 Å². The predicted octanol–water partition coefficient (Wildman–Crippen LogP) is 3.95. The quantitative estimate of drug-likeness (QED) is 0.485. The van der Waals surface area contributed by atoms with E-state index in [9.17, 15) is 0 Å². The fraction of sp³-hybridized carbons (Fsp3) is 0.231. The largest absolute Gasteiger partial charge is 0.0879 e. The zero-order chi connectivity index (χ0) is 9.19. The third-order valence-corrected chi connectivity index (χ3v) is 1.77. The molecule has 0 aromatic heterocycles. The van der Waals surface area contributed by atoms with Crippen LogP contribution in [0, 0.1) is 0 Å². The van der Waals surface area contributed by atoms with Crippen LogP contribution < -0.4 is 0 Å². The molecule has 0 heteroatoms. The van der Waals surface area contributed by atoms with E-state index in [0.717, 1.165) is 19.3 Å². The number of allylic oxidation sites excluding steroid dienone is 10. The van der Waals surface area contributed by atoms with E-state index in [-0.39, 0.29) is 0 Å². The van der Waals surface area contributed by atoms with Gasteiger partial charge in [0.1, 0.15) is 0 Å². The molecule has 68 valence electrons. The first-order chi connectivity index (χ1) is 6.50. The van der Waals surface area contributed by atoms with Crippen molar-refractivity contribution < 1.29 is 0 Å². The molecule has 0 radical (unpaired) electrons. The summed E-state index contributed by atoms with van der Waals surface area (Å²) in [7, 11) is 0. The summed E-state index contributed by atoms with van der Waals surface area (Å²) in [6, 6.07) is 0. The first-order valence-electron chi connectivity index (χ1n) is 4.80. The molecule has 0 atom stereocenters. The van der Waals surface area contributed by atoms with Crippen LogP contribution in [-0.4, -0.2) is 0 Å². The Morgan fingerprint density at radius 2 is 1.08 bits per heavy atom. The fourth-order valence-electron chi connectivity index (χ4n) is 1.07. The molecule has 13 heavy (non-hydrogen) atoms. The Labute approximate surface area is 80.7 Å². The van der Waals surface area contributed by atoms with Gasteiger partial charge in [0.05, 0.1) is 0 Å². The molecule has 0 unspecified atom stereocenters. The van der Waals surface area contributed by atoms with Gasteiger partial charge in [0, 0.05) is 0 Å². The molecule has 0 heterocycles. The van der Waals surface area contributed by atoms with Gasteiger partial charge in [-0.1, -0.05) is 60.8 Å². The van der Waals surface area contributed by atoms with E-state index < -0.39 is 0 Å². The molecular formula is C13H16. The maximum atomic E-state index is 2.24. The summed E-state index contributed by atoms with van der Waals surface area (Å²) in [6.07, 6.45) is 24.5. The zero-order valence-electron chi connectivity index (χ0n) is 7.89. The minimum absolute atomic E-state index is 1.04. The average molecular weight is 172 g/mol. The van der Waals surface area contributed by atoms with Crippen LogP contribution in [0.4, 0.5) is 0 Å². The zero-order valence-corrected chi connectivity index (χ0v) is 7.89. The Morgan fingerprint density at radius 3 is 1.92 bits per heavy atom. The van der Waals surface area contributed by atoms with Crippen molar-refractivity contribution in [3.63, 3.8) is 0 Å². The van der Waals surface area contributed by atoms with Crippen LogP contribution in [0.2, 0.25) is 0 Å². The summed E-state index contributed by atoms with van der Waals surface area (Å²) in [6.45, 7) is 0. The van der Waals surface area contributed by atoms with Crippen molar-refractivity contribution >= 4 is 0 Å². The molecule has 0 aromatic rings. The Balaban J connectivity index is 2.50. The molecule has 0 saturated carbocycles. The maximum absolute atomic E-state index is 2.24. The van der Waals surface area contributed by atoms with Crippen molar-refractivity contribution in [1.29, 1.82) is 0 Å². The highest BCUT2D eigenvalue weighted by Gasteiger charge is 1.76. The van der Waals surface area contributed by atoms with Crippen molar-refractivity contribution in [3.05, 3.63) is 60.8 Å². The average Bonchev–Trinajstić information content (AvgIpc) is 2.18. The Hall–Kier alpha value is -1.30. The third-order valence-electron chi connectivity index (χ3n) is 1.77. The minimum atomic E-state index is 1.04. The smallest absolute Gasteiger partial charge is 0.0166 e. The summed E-state index contributed by atoms with van der Waals surface area (Å²) in [5.41, 5.74) is 0. The lowest BCUT2D eigenvalue weighted by Gasteiger charge is -1.84. The Bertz CT molecular complexity index is 249. The molecule has 1 aliphatic rings. The molecular weight excluding hydrogens is 156 g/mol. The fourth-order valence-corrected chi connectivity index (χ4v) is 1.07. The second-order valence-electron chi connectivity index (χ2n) is 2.91. The Kier molecular flexibility index (Phi) is 5.54. The van der Waals surface area contributed by atoms with Gasteiger partial charge < -0.3 is 0 Å². The number of rotatable bonds is 0. The van der Waals surface area contributed by atoms with Gasteiger partial charge in [-0.05, 0) is 19.3 Å². The summed E-state index contributed by atoms with van der Waals surface area (Å²) in [4.78, 5) is 0. The molecule has 0 aromatic carbocycles. The molecule has 1 aliphatic carbocycles. The standard InChI is InChI=1S/C13H16/c1-2-4-6-8-10-12-13-11-9-7-5-3-1/h1-8,11,13H,9-10,12H2/b3-1+,4-2-,7-5+,8-6?,13-11-. The van der Waals surface area contributed by atoms with E-state index >= 15 is 0 Å². The SMILES string of the molecule is C1=CCC/C=C\C/C=C/C=C/C=C\1. The highest BCUT2D eigenvalue weighted by molar-refractivity contribution is 5.16. The van der Waals surface area contributed by atoms with Gasteiger partial charge >= 0.3 is 0 Å². The van der Waals surface area contributed by atoms with Gasteiger partial charge in [0.25, 0.3) is 0 Å². The van der Waals surface area contributed by atoms with Crippen molar-refractivity contribution in [1.82, 2.24) is 0 Å². The lowest BCUT2D eigenvalue weighted by Crippen LogP contribution is -1.64. The second kappa shape index (κ2) is 7.35. The van der Waals surface area contributed by atoms with Crippen molar-refractivity contribution in [2.45, 2.75) is 19.3 Å². The van der Waals surface area contributed by atoms with Crippen LogP contribution in [0.1, 0.15) is 19.3 Å². The molecule has 1 rings (SSSR count). The molecule has 0 aliphatic heterocycles. The monoisotopic (exact) mass is 172 g/mol. The Morgan fingerprint density at radius 1 is 0.462 bits per heavy atom. The second-order valence-corrected chi connectivity index (χ2v) is 2.91. The topological polar surface area (TPSA) is 0 Å². The third kappa shape index (κ3) is 5.92. The minimum Gasteiger partial charge on any atom is -0.0879 e. The predicted molar refractivity (Wildman–Crippen MR) is 59.6 cm³/mol. The van der Waals surface area contributed by atoms with Crippen LogP contribution in [0.3, 0.4) is 0 Å². The molecule has 0 N–H and O–H groups in total. The van der Waals surface area contributed by atoms with Crippen molar-refractivity contribution in [3.8, 4) is 0 Å². The first kappa shape index (κ1) is 9.79. The van der Waals surface area contributed by atoms with Crippen LogP contribution in [0.25, 0.3) is 0 Å². The lowest BCUT2D eigenvalue weighted by atomic mass is 10.2. The summed E-state index contributed by atoms with van der Waals surface area (Å²) >= 11 is 0. The molecule has 0 spiro atoms. The molecule has 0 nitrogen and oxygen atoms in total. The highest BCUT2D eigenvalue weighted by Crippen LogP contribution is 1.96. The highest BCUT2D eigenvalue weighted by atomic mass is 13.8. The first-order valence-corrected chi connectivity index (χ1v) is 4.80. The molecule has 0 saturated heterocycles. The van der Waals surface area contributed by atoms with Crippen LogP contribution in [0.15, 0.2) is 60.8 Å². The van der Waals surface area contributed by atoms with Crippen LogP contribution in [-0.2, 0) is 0 Å². The van der Waals surface area contributed by atoms with Gasteiger partial charge in [0.2, 0.25) is 0 Å². The number of hydrogen-bond acceptors (Lipinski definition) is 0. The lowest BCUT2D eigenvalue weighted by molar-refractivity contribution is 1.04. The van der Waals surface area contributed by atoms with Gasteiger partial charge in [0.15, 0.2) is 0 Å². The maximum Gasteiger partial charge on any atom is -0.0166 e. The van der Waals surface area contributed by atoms with E-state index in [1.165, 1.54) is 0 Å². The summed E-state index contributed by atoms with van der Waals surface area (Å²) in [5.74, 6) is 0. The normalized spacial score (nSPS) is 27.7. The number of hydrogen-bond donors (Lipinski definition) is 0. The summed E-state index contributed by atoms with van der Waals surface area (Å²) in [5, 5.41) is 0. The van der Waals surface area contributed by atoms with Gasteiger partial charge in [-0.2, -0.15) is 0 Å². The van der Waals surface area contributed by atoms with E-state index in [1.54, 1.807) is 0 Å². The van der Waals surface area contributed by atoms with Gasteiger partial charge in [-0.25, -0.2) is 0 Å². The van der Waals surface area contributed by atoms with E-state index in [4.69, 9.17) is 0 Å². The van der Waals surface area contributed by atoms with Crippen LogP contribution in [0.5, 0.6) is 0 Å². The van der Waals surface area contributed by atoms with Crippen molar-refractivity contribution in [2.75, 3.05) is 0 Å². The molecule has 0 bridgehead atoms. The van der Waals surface area contributed by atoms with E-state index in [0.29, 0.717) is 0 Å². The molecule has 0 amide bonds. The molecule has 0 fully saturated rings. The van der Waals surface area contributed by atoms with Gasteiger partial charge in [-0.15, -0.1) is 0 Å². The van der Waals surface area contributed by atoms with Crippen molar-refractivity contribution in [2.24, 2.45) is 0 Å². The van der Waals surface area contributed by atoms with E-state index in [1.807, 2.05) is 12.2 Å². The summed E-state index contributed by atoms with van der Waals surface area (Å²) < 4.78 is 0. The van der Waals surface area contributed by atoms with E-state index in [2.05, 4.69) is 48.6 Å².